The number of anilines is 1. The SMILES string of the molecule is N#CC1(C(=O)Nc2nc3ccccc3[nH]2)CCCCCC1. The van der Waals surface area contributed by atoms with Crippen LogP contribution in [0, 0.1) is 16.7 Å². The molecule has 0 unspecified atom stereocenters. The molecule has 0 spiro atoms. The molecule has 0 aliphatic heterocycles. The van der Waals surface area contributed by atoms with Gasteiger partial charge in [-0.3, -0.25) is 10.1 Å². The summed E-state index contributed by atoms with van der Waals surface area (Å²) in [7, 11) is 0. The molecule has 2 N–H and O–H groups in total. The third kappa shape index (κ3) is 2.62. The molecular weight excluding hydrogens is 264 g/mol. The number of hydrogen-bond acceptors (Lipinski definition) is 3. The van der Waals surface area contributed by atoms with Crippen molar-refractivity contribution in [3.05, 3.63) is 24.3 Å². The van der Waals surface area contributed by atoms with Crippen LogP contribution in [0.5, 0.6) is 0 Å². The van der Waals surface area contributed by atoms with Crippen molar-refractivity contribution in [3.8, 4) is 6.07 Å². The van der Waals surface area contributed by atoms with Crippen molar-refractivity contribution in [2.24, 2.45) is 5.41 Å². The Kier molecular flexibility index (Phi) is 3.61. The van der Waals surface area contributed by atoms with Gasteiger partial charge in [0.25, 0.3) is 0 Å². The number of benzene rings is 1. The zero-order valence-electron chi connectivity index (χ0n) is 11.9. The Morgan fingerprint density at radius 3 is 2.62 bits per heavy atom. The van der Waals surface area contributed by atoms with Crippen molar-refractivity contribution in [1.29, 1.82) is 5.26 Å². The molecule has 5 heteroatoms. The maximum absolute atomic E-state index is 12.6. The van der Waals surface area contributed by atoms with Gasteiger partial charge in [0.15, 0.2) is 0 Å². The number of aromatic amines is 1. The summed E-state index contributed by atoms with van der Waals surface area (Å²) in [4.78, 5) is 20.0. The lowest BCUT2D eigenvalue weighted by atomic mass is 9.81. The molecule has 108 valence electrons. The summed E-state index contributed by atoms with van der Waals surface area (Å²) < 4.78 is 0. The second-order valence-electron chi connectivity index (χ2n) is 5.66. The molecule has 1 aliphatic carbocycles. The number of carbonyl (C=O) groups excluding carboxylic acids is 1. The second kappa shape index (κ2) is 5.57. The number of nitrogens with one attached hydrogen (secondary N) is 2. The molecule has 3 rings (SSSR count). The molecule has 0 atom stereocenters. The zero-order chi connectivity index (χ0) is 14.7. The highest BCUT2D eigenvalue weighted by molar-refractivity contribution is 5.97. The standard InChI is InChI=1S/C16H18N4O/c17-11-16(9-5-1-2-6-10-16)14(21)20-15-18-12-7-3-4-8-13(12)19-15/h3-4,7-8H,1-2,5-6,9-10H2,(H2,18,19,20,21). The number of imidazole rings is 1. The molecule has 1 fully saturated rings. The fourth-order valence-corrected chi connectivity index (χ4v) is 2.96. The Bertz CT molecular complexity index is 657. The molecule has 1 saturated carbocycles. The number of nitrogens with zero attached hydrogens (tertiary/aromatic N) is 2. The minimum absolute atomic E-state index is 0.231. The van der Waals surface area contributed by atoms with Gasteiger partial charge in [-0.2, -0.15) is 5.26 Å². The first-order valence-electron chi connectivity index (χ1n) is 7.41. The van der Waals surface area contributed by atoms with Crippen molar-refractivity contribution < 1.29 is 4.79 Å². The normalized spacial score (nSPS) is 17.9. The summed E-state index contributed by atoms with van der Waals surface area (Å²) >= 11 is 0. The Labute approximate surface area is 123 Å². The quantitative estimate of drug-likeness (QED) is 0.828. The maximum atomic E-state index is 12.6. The lowest BCUT2D eigenvalue weighted by Crippen LogP contribution is -2.35. The van der Waals surface area contributed by atoms with Crippen LogP contribution in [0.2, 0.25) is 0 Å². The second-order valence-corrected chi connectivity index (χ2v) is 5.66. The summed E-state index contributed by atoms with van der Waals surface area (Å²) in [6, 6.07) is 9.86. The van der Waals surface area contributed by atoms with E-state index >= 15 is 0 Å². The Hall–Kier alpha value is -2.35. The van der Waals surface area contributed by atoms with E-state index in [4.69, 9.17) is 0 Å². The fraction of sp³-hybridized carbons (Fsp3) is 0.438. The zero-order valence-corrected chi connectivity index (χ0v) is 11.9. The van der Waals surface area contributed by atoms with E-state index in [1.807, 2.05) is 24.3 Å². The van der Waals surface area contributed by atoms with Gasteiger partial charge in [-0.1, -0.05) is 37.8 Å². The minimum Gasteiger partial charge on any atom is -0.324 e. The lowest BCUT2D eigenvalue weighted by Gasteiger charge is -2.22. The van der Waals surface area contributed by atoms with Crippen LogP contribution in [-0.4, -0.2) is 15.9 Å². The van der Waals surface area contributed by atoms with Crippen molar-refractivity contribution in [2.45, 2.75) is 38.5 Å². The van der Waals surface area contributed by atoms with Crippen molar-refractivity contribution in [3.63, 3.8) is 0 Å². The largest absolute Gasteiger partial charge is 0.324 e. The third-order valence-corrected chi connectivity index (χ3v) is 4.23. The summed E-state index contributed by atoms with van der Waals surface area (Å²) in [5.74, 6) is 0.186. The van der Waals surface area contributed by atoms with Crippen LogP contribution in [0.25, 0.3) is 11.0 Å². The molecule has 1 aliphatic rings. The molecule has 0 radical (unpaired) electrons. The van der Waals surface area contributed by atoms with E-state index in [0.29, 0.717) is 18.8 Å². The molecule has 1 amide bonds. The van der Waals surface area contributed by atoms with Gasteiger partial charge < -0.3 is 4.98 Å². The van der Waals surface area contributed by atoms with Gasteiger partial charge in [-0.15, -0.1) is 0 Å². The summed E-state index contributed by atoms with van der Waals surface area (Å²) in [5, 5.41) is 12.3. The van der Waals surface area contributed by atoms with Crippen LogP contribution >= 0.6 is 0 Å². The van der Waals surface area contributed by atoms with E-state index in [9.17, 15) is 10.1 Å². The fourth-order valence-electron chi connectivity index (χ4n) is 2.96. The van der Waals surface area contributed by atoms with Crippen LogP contribution in [0.3, 0.4) is 0 Å². The average Bonchev–Trinajstić information content (AvgIpc) is 2.74. The summed E-state index contributed by atoms with van der Waals surface area (Å²) in [6.07, 6.45) is 5.33. The molecule has 1 heterocycles. The van der Waals surface area contributed by atoms with E-state index in [2.05, 4.69) is 21.4 Å². The van der Waals surface area contributed by atoms with Crippen molar-refractivity contribution in [2.75, 3.05) is 5.32 Å². The number of nitriles is 1. The van der Waals surface area contributed by atoms with E-state index in [0.717, 1.165) is 36.7 Å². The molecule has 2 aromatic rings. The Balaban J connectivity index is 1.82. The first kappa shape index (κ1) is 13.6. The highest BCUT2D eigenvalue weighted by atomic mass is 16.2. The highest BCUT2D eigenvalue weighted by Crippen LogP contribution is 2.35. The highest BCUT2D eigenvalue weighted by Gasteiger charge is 2.39. The first-order valence-corrected chi connectivity index (χ1v) is 7.41. The van der Waals surface area contributed by atoms with Crippen LogP contribution in [-0.2, 0) is 4.79 Å². The predicted molar refractivity (Wildman–Crippen MR) is 80.5 cm³/mol. The number of amides is 1. The minimum atomic E-state index is -0.907. The molecule has 1 aromatic carbocycles. The van der Waals surface area contributed by atoms with Crippen LogP contribution in [0.1, 0.15) is 38.5 Å². The van der Waals surface area contributed by atoms with Crippen LogP contribution in [0.15, 0.2) is 24.3 Å². The monoisotopic (exact) mass is 282 g/mol. The maximum Gasteiger partial charge on any atom is 0.247 e. The summed E-state index contributed by atoms with van der Waals surface area (Å²) in [6.45, 7) is 0. The summed E-state index contributed by atoms with van der Waals surface area (Å²) in [5.41, 5.74) is 0.773. The van der Waals surface area contributed by atoms with Gasteiger partial charge in [0, 0.05) is 0 Å². The van der Waals surface area contributed by atoms with Gasteiger partial charge in [-0.05, 0) is 25.0 Å². The van der Waals surface area contributed by atoms with E-state index in [1.54, 1.807) is 0 Å². The molecule has 1 aromatic heterocycles. The third-order valence-electron chi connectivity index (χ3n) is 4.23. The number of H-pyrrole nitrogens is 1. The molecule has 21 heavy (non-hydrogen) atoms. The Morgan fingerprint density at radius 1 is 1.24 bits per heavy atom. The smallest absolute Gasteiger partial charge is 0.247 e. The van der Waals surface area contributed by atoms with Crippen molar-refractivity contribution in [1.82, 2.24) is 9.97 Å². The number of fused-ring (bicyclic) bond motifs is 1. The van der Waals surface area contributed by atoms with Crippen LogP contribution in [0.4, 0.5) is 5.95 Å². The lowest BCUT2D eigenvalue weighted by molar-refractivity contribution is -0.123. The Morgan fingerprint density at radius 2 is 1.95 bits per heavy atom. The number of rotatable bonds is 2. The number of aromatic nitrogens is 2. The van der Waals surface area contributed by atoms with E-state index in [-0.39, 0.29) is 5.91 Å². The molecule has 0 saturated heterocycles. The molecule has 5 nitrogen and oxygen atoms in total. The van der Waals surface area contributed by atoms with Gasteiger partial charge in [0.1, 0.15) is 5.41 Å². The average molecular weight is 282 g/mol. The molecular formula is C16H18N4O. The van der Waals surface area contributed by atoms with Gasteiger partial charge in [0.2, 0.25) is 11.9 Å². The van der Waals surface area contributed by atoms with Gasteiger partial charge in [0.05, 0.1) is 17.1 Å². The topological polar surface area (TPSA) is 81.6 Å². The van der Waals surface area contributed by atoms with E-state index < -0.39 is 5.41 Å². The first-order chi connectivity index (χ1) is 10.2. The molecule has 0 bridgehead atoms. The van der Waals surface area contributed by atoms with Crippen LogP contribution < -0.4 is 5.32 Å². The predicted octanol–water partition coefficient (Wildman–Crippen LogP) is 3.37. The number of hydrogen-bond donors (Lipinski definition) is 2. The van der Waals surface area contributed by atoms with Crippen molar-refractivity contribution >= 4 is 22.9 Å². The van der Waals surface area contributed by atoms with Gasteiger partial charge in [-0.25, -0.2) is 4.98 Å². The van der Waals surface area contributed by atoms with Gasteiger partial charge >= 0.3 is 0 Å². The number of para-hydroxylation sites is 2. The number of carbonyl (C=O) groups is 1. The van der Waals surface area contributed by atoms with E-state index in [1.165, 1.54) is 0 Å².